The molecule has 1 fully saturated rings. The van der Waals surface area contributed by atoms with Gasteiger partial charge in [-0.15, -0.1) is 0 Å². The topological polar surface area (TPSA) is 80.4 Å². The number of nitrogens with zero attached hydrogens (tertiary/aromatic N) is 1. The lowest BCUT2D eigenvalue weighted by Gasteiger charge is -2.32. The Balaban J connectivity index is 2.02. The minimum absolute atomic E-state index is 0.168. The number of nitrogens with one attached hydrogen (secondary N) is 1. The first-order chi connectivity index (χ1) is 7.19. The van der Waals surface area contributed by atoms with Gasteiger partial charge in [0.25, 0.3) is 0 Å². The van der Waals surface area contributed by atoms with Crippen LogP contribution in [0.15, 0.2) is 12.1 Å². The molecule has 15 heavy (non-hydrogen) atoms. The molecule has 0 amide bonds. The van der Waals surface area contributed by atoms with Crippen molar-refractivity contribution in [3.8, 4) is 5.88 Å². The molecule has 1 aromatic heterocycles. The second kappa shape index (κ2) is 3.94. The molecule has 1 heterocycles. The molecule has 0 aliphatic heterocycles. The average Bonchev–Trinajstić information content (AvgIpc) is 2.18. The highest BCUT2D eigenvalue weighted by Crippen LogP contribution is 2.25. The molecule has 1 aromatic rings. The van der Waals surface area contributed by atoms with Crippen molar-refractivity contribution in [1.29, 1.82) is 0 Å². The first-order valence-corrected chi connectivity index (χ1v) is 4.94. The number of nitrogen functional groups attached to an aromatic ring is 1. The Hall–Kier alpha value is -1.49. The Morgan fingerprint density at radius 1 is 1.53 bits per heavy atom. The summed E-state index contributed by atoms with van der Waals surface area (Å²) in [6, 6.07) is 3.87. The predicted molar refractivity (Wildman–Crippen MR) is 57.9 cm³/mol. The molecule has 1 aliphatic rings. The van der Waals surface area contributed by atoms with Gasteiger partial charge in [0.2, 0.25) is 5.88 Å². The molecular weight excluding hydrogens is 194 g/mol. The van der Waals surface area contributed by atoms with Gasteiger partial charge in [0.1, 0.15) is 5.82 Å². The third kappa shape index (κ3) is 2.12. The molecule has 0 radical (unpaired) electrons. The average molecular weight is 209 g/mol. The summed E-state index contributed by atoms with van der Waals surface area (Å²) in [5, 5.41) is 12.3. The number of aromatic nitrogens is 1. The zero-order chi connectivity index (χ0) is 10.8. The second-order valence-corrected chi connectivity index (χ2v) is 3.76. The fourth-order valence-electron chi connectivity index (χ4n) is 1.61. The molecule has 2 rings (SSSR count). The van der Waals surface area contributed by atoms with E-state index in [-0.39, 0.29) is 6.10 Å². The van der Waals surface area contributed by atoms with Crippen LogP contribution in [0.5, 0.6) is 5.88 Å². The zero-order valence-electron chi connectivity index (χ0n) is 8.60. The van der Waals surface area contributed by atoms with E-state index in [1.54, 1.807) is 6.07 Å². The smallest absolute Gasteiger partial charge is 0.238 e. The molecule has 0 atom stereocenters. The SMILES string of the molecule is COc1nc(NC2CC(O)C2)ccc1N. The maximum absolute atomic E-state index is 9.14. The summed E-state index contributed by atoms with van der Waals surface area (Å²) < 4.78 is 5.01. The van der Waals surface area contributed by atoms with Crippen LogP contribution in [0.4, 0.5) is 11.5 Å². The van der Waals surface area contributed by atoms with E-state index >= 15 is 0 Å². The van der Waals surface area contributed by atoms with E-state index in [0.717, 1.165) is 18.7 Å². The van der Waals surface area contributed by atoms with Crippen molar-refractivity contribution in [1.82, 2.24) is 4.98 Å². The molecule has 0 bridgehead atoms. The number of anilines is 2. The molecule has 1 aliphatic carbocycles. The van der Waals surface area contributed by atoms with E-state index in [0.29, 0.717) is 17.6 Å². The van der Waals surface area contributed by atoms with Crippen molar-refractivity contribution in [2.75, 3.05) is 18.2 Å². The van der Waals surface area contributed by atoms with Crippen LogP contribution in [0, 0.1) is 0 Å². The molecule has 0 spiro atoms. The Kier molecular flexibility index (Phi) is 2.64. The minimum Gasteiger partial charge on any atom is -0.479 e. The number of nitrogens with two attached hydrogens (primary N) is 1. The van der Waals surface area contributed by atoms with Crippen LogP contribution in [-0.4, -0.2) is 29.3 Å². The lowest BCUT2D eigenvalue weighted by Crippen LogP contribution is -2.39. The Bertz CT molecular complexity index is 351. The van der Waals surface area contributed by atoms with Crippen LogP contribution in [0.25, 0.3) is 0 Å². The van der Waals surface area contributed by atoms with Crippen LogP contribution in [0.2, 0.25) is 0 Å². The van der Waals surface area contributed by atoms with Gasteiger partial charge in [-0.2, -0.15) is 4.98 Å². The third-order valence-electron chi connectivity index (χ3n) is 2.55. The molecule has 4 N–H and O–H groups in total. The maximum atomic E-state index is 9.14. The molecular formula is C10H15N3O2. The molecule has 0 saturated heterocycles. The minimum atomic E-state index is -0.168. The van der Waals surface area contributed by atoms with Gasteiger partial charge in [0, 0.05) is 6.04 Å². The van der Waals surface area contributed by atoms with Gasteiger partial charge < -0.3 is 20.9 Å². The normalized spacial score (nSPS) is 24.4. The van der Waals surface area contributed by atoms with Crippen molar-refractivity contribution in [3.05, 3.63) is 12.1 Å². The largest absolute Gasteiger partial charge is 0.479 e. The molecule has 0 unspecified atom stereocenters. The van der Waals surface area contributed by atoms with Gasteiger partial charge in [-0.1, -0.05) is 0 Å². The lowest BCUT2D eigenvalue weighted by atomic mass is 9.89. The first kappa shape index (κ1) is 10.0. The highest BCUT2D eigenvalue weighted by Gasteiger charge is 2.27. The Labute approximate surface area is 88.3 Å². The zero-order valence-corrected chi connectivity index (χ0v) is 8.60. The Morgan fingerprint density at radius 2 is 2.27 bits per heavy atom. The number of rotatable bonds is 3. The summed E-state index contributed by atoms with van der Waals surface area (Å²) in [7, 11) is 1.54. The van der Waals surface area contributed by atoms with Crippen molar-refractivity contribution in [3.63, 3.8) is 0 Å². The first-order valence-electron chi connectivity index (χ1n) is 4.94. The highest BCUT2D eigenvalue weighted by atomic mass is 16.5. The van der Waals surface area contributed by atoms with Gasteiger partial charge >= 0.3 is 0 Å². The van der Waals surface area contributed by atoms with Gasteiger partial charge in [-0.05, 0) is 25.0 Å². The Morgan fingerprint density at radius 3 is 2.87 bits per heavy atom. The summed E-state index contributed by atoms with van der Waals surface area (Å²) in [6.07, 6.45) is 1.38. The molecule has 0 aromatic carbocycles. The van der Waals surface area contributed by atoms with Gasteiger partial charge in [0.15, 0.2) is 0 Å². The van der Waals surface area contributed by atoms with E-state index in [1.807, 2.05) is 6.07 Å². The fourth-order valence-corrected chi connectivity index (χ4v) is 1.61. The molecule has 1 saturated carbocycles. The van der Waals surface area contributed by atoms with Crippen LogP contribution < -0.4 is 15.8 Å². The summed E-state index contributed by atoms with van der Waals surface area (Å²) in [5.41, 5.74) is 6.17. The predicted octanol–water partition coefficient (Wildman–Crippen LogP) is 0.608. The summed E-state index contributed by atoms with van der Waals surface area (Å²) in [5.74, 6) is 1.16. The fraction of sp³-hybridized carbons (Fsp3) is 0.500. The standard InChI is InChI=1S/C10H15N3O2/c1-15-10-8(11)2-3-9(13-10)12-6-4-7(14)5-6/h2-3,6-7,14H,4-5,11H2,1H3,(H,12,13). The summed E-state index contributed by atoms with van der Waals surface area (Å²) in [6.45, 7) is 0. The van der Waals surface area contributed by atoms with Crippen molar-refractivity contribution in [2.24, 2.45) is 0 Å². The van der Waals surface area contributed by atoms with Crippen molar-refractivity contribution < 1.29 is 9.84 Å². The number of aliphatic hydroxyl groups excluding tert-OH is 1. The molecule has 5 heteroatoms. The quantitative estimate of drug-likeness (QED) is 0.679. The number of ether oxygens (including phenoxy) is 1. The van der Waals surface area contributed by atoms with E-state index in [9.17, 15) is 0 Å². The summed E-state index contributed by atoms with van der Waals surface area (Å²) >= 11 is 0. The highest BCUT2D eigenvalue weighted by molar-refractivity contribution is 5.53. The maximum Gasteiger partial charge on any atom is 0.238 e. The monoisotopic (exact) mass is 209 g/mol. The number of aliphatic hydroxyl groups is 1. The molecule has 82 valence electrons. The molecule has 5 nitrogen and oxygen atoms in total. The number of pyridine rings is 1. The van der Waals surface area contributed by atoms with E-state index in [4.69, 9.17) is 15.6 Å². The summed E-state index contributed by atoms with van der Waals surface area (Å²) in [4.78, 5) is 4.20. The van der Waals surface area contributed by atoms with Gasteiger partial charge in [-0.25, -0.2) is 0 Å². The number of hydrogen-bond donors (Lipinski definition) is 3. The van der Waals surface area contributed by atoms with E-state index in [1.165, 1.54) is 7.11 Å². The van der Waals surface area contributed by atoms with Crippen molar-refractivity contribution >= 4 is 11.5 Å². The van der Waals surface area contributed by atoms with Crippen molar-refractivity contribution in [2.45, 2.75) is 25.0 Å². The number of methoxy groups -OCH3 is 1. The van der Waals surface area contributed by atoms with Crippen LogP contribution in [0.3, 0.4) is 0 Å². The third-order valence-corrected chi connectivity index (χ3v) is 2.55. The van der Waals surface area contributed by atoms with Gasteiger partial charge in [-0.3, -0.25) is 0 Å². The van der Waals surface area contributed by atoms with E-state index < -0.39 is 0 Å². The van der Waals surface area contributed by atoms with Gasteiger partial charge in [0.05, 0.1) is 18.9 Å². The van der Waals surface area contributed by atoms with Crippen LogP contribution >= 0.6 is 0 Å². The number of hydrogen-bond acceptors (Lipinski definition) is 5. The van der Waals surface area contributed by atoms with Crippen LogP contribution in [0.1, 0.15) is 12.8 Å². The van der Waals surface area contributed by atoms with Crippen LogP contribution in [-0.2, 0) is 0 Å². The van der Waals surface area contributed by atoms with E-state index in [2.05, 4.69) is 10.3 Å². The second-order valence-electron chi connectivity index (χ2n) is 3.76. The lowest BCUT2D eigenvalue weighted by molar-refractivity contribution is 0.0835.